The fraction of sp³-hybridized carbons (Fsp3) is 0.625. The topological polar surface area (TPSA) is 58.2 Å². The van der Waals surface area contributed by atoms with Crippen LogP contribution < -0.4 is 10.0 Å². The minimum Gasteiger partial charge on any atom is -0.310 e. The molecule has 21 heavy (non-hydrogen) atoms. The van der Waals surface area contributed by atoms with E-state index in [1.54, 1.807) is 12.1 Å². The molecule has 1 aliphatic rings. The molecule has 0 saturated heterocycles. The fourth-order valence-electron chi connectivity index (χ4n) is 2.54. The van der Waals surface area contributed by atoms with Crippen molar-refractivity contribution in [3.05, 3.63) is 29.8 Å². The van der Waals surface area contributed by atoms with Gasteiger partial charge >= 0.3 is 0 Å². The summed E-state index contributed by atoms with van der Waals surface area (Å²) in [7, 11) is -3.45. The molecular formula is C16H26N2O2S. The lowest BCUT2D eigenvalue weighted by molar-refractivity contribution is 0.482. The van der Waals surface area contributed by atoms with Gasteiger partial charge in [0.15, 0.2) is 0 Å². The summed E-state index contributed by atoms with van der Waals surface area (Å²) in [6.45, 7) is 6.72. The Labute approximate surface area is 128 Å². The van der Waals surface area contributed by atoms with Crippen LogP contribution in [0.25, 0.3) is 0 Å². The van der Waals surface area contributed by atoms with Crippen molar-refractivity contribution in [3.63, 3.8) is 0 Å². The molecule has 1 fully saturated rings. The van der Waals surface area contributed by atoms with E-state index in [2.05, 4.69) is 23.9 Å². The molecule has 2 N–H and O–H groups in total. The van der Waals surface area contributed by atoms with Crippen molar-refractivity contribution < 1.29 is 8.42 Å². The lowest BCUT2D eigenvalue weighted by atomic mass is 10.1. The van der Waals surface area contributed by atoms with E-state index >= 15 is 0 Å². The summed E-state index contributed by atoms with van der Waals surface area (Å²) >= 11 is 0. The van der Waals surface area contributed by atoms with Gasteiger partial charge in [0.2, 0.25) is 10.0 Å². The SMILES string of the molecule is CC(C)CC(C)NS(=O)(=O)c1ccccc1CNC1CC1. The zero-order chi connectivity index (χ0) is 15.5. The molecule has 0 heterocycles. The van der Waals surface area contributed by atoms with Crippen molar-refractivity contribution in [2.75, 3.05) is 0 Å². The maximum atomic E-state index is 12.6. The number of sulfonamides is 1. The van der Waals surface area contributed by atoms with E-state index in [-0.39, 0.29) is 6.04 Å². The lowest BCUT2D eigenvalue weighted by Crippen LogP contribution is -2.34. The Hall–Kier alpha value is -0.910. The van der Waals surface area contributed by atoms with Crippen molar-refractivity contribution in [2.45, 2.75) is 63.6 Å². The van der Waals surface area contributed by atoms with E-state index in [0.29, 0.717) is 23.4 Å². The molecule has 118 valence electrons. The van der Waals surface area contributed by atoms with Crippen LogP contribution in [0.5, 0.6) is 0 Å². The Morgan fingerprint density at radius 3 is 2.48 bits per heavy atom. The fourth-order valence-corrected chi connectivity index (χ4v) is 4.03. The molecule has 1 aliphatic carbocycles. The summed E-state index contributed by atoms with van der Waals surface area (Å²) in [6.07, 6.45) is 3.22. The highest BCUT2D eigenvalue weighted by molar-refractivity contribution is 7.89. The van der Waals surface area contributed by atoms with E-state index < -0.39 is 10.0 Å². The zero-order valence-corrected chi connectivity index (χ0v) is 13.9. The Kier molecular flexibility index (Phi) is 5.41. The van der Waals surface area contributed by atoms with Crippen LogP contribution in [-0.2, 0) is 16.6 Å². The predicted octanol–water partition coefficient (Wildman–Crippen LogP) is 2.65. The normalized spacial score (nSPS) is 17.1. The molecule has 0 aliphatic heterocycles. The Morgan fingerprint density at radius 1 is 1.19 bits per heavy atom. The highest BCUT2D eigenvalue weighted by atomic mass is 32.2. The van der Waals surface area contributed by atoms with E-state index in [1.807, 2.05) is 19.1 Å². The largest absolute Gasteiger partial charge is 0.310 e. The molecule has 2 rings (SSSR count). The molecule has 5 heteroatoms. The van der Waals surface area contributed by atoms with Crippen molar-refractivity contribution in [1.29, 1.82) is 0 Å². The molecule has 1 unspecified atom stereocenters. The smallest absolute Gasteiger partial charge is 0.241 e. The lowest BCUT2D eigenvalue weighted by Gasteiger charge is -2.18. The van der Waals surface area contributed by atoms with Gasteiger partial charge in [-0.1, -0.05) is 32.0 Å². The second-order valence-corrected chi connectivity index (χ2v) is 8.10. The van der Waals surface area contributed by atoms with Crippen LogP contribution in [0.3, 0.4) is 0 Å². The first-order valence-corrected chi connectivity index (χ1v) is 9.20. The van der Waals surface area contributed by atoms with Crippen molar-refractivity contribution >= 4 is 10.0 Å². The minimum absolute atomic E-state index is 0.0561. The van der Waals surface area contributed by atoms with Gasteiger partial charge in [0, 0.05) is 18.6 Å². The van der Waals surface area contributed by atoms with Gasteiger partial charge in [-0.2, -0.15) is 0 Å². The van der Waals surface area contributed by atoms with Crippen LogP contribution in [0, 0.1) is 5.92 Å². The maximum Gasteiger partial charge on any atom is 0.241 e. The highest BCUT2D eigenvalue weighted by Gasteiger charge is 2.23. The molecule has 0 aromatic heterocycles. The number of hydrogen-bond acceptors (Lipinski definition) is 3. The van der Waals surface area contributed by atoms with Gasteiger partial charge in [-0.25, -0.2) is 13.1 Å². The summed E-state index contributed by atoms with van der Waals surface area (Å²) in [4.78, 5) is 0.397. The molecule has 1 saturated carbocycles. The molecule has 0 bridgehead atoms. The summed E-state index contributed by atoms with van der Waals surface area (Å²) in [5, 5.41) is 3.38. The number of hydrogen-bond donors (Lipinski definition) is 2. The molecule has 0 spiro atoms. The molecule has 1 aromatic carbocycles. The van der Waals surface area contributed by atoms with Gasteiger partial charge in [0.25, 0.3) is 0 Å². The van der Waals surface area contributed by atoms with Gasteiger partial charge in [0.05, 0.1) is 4.90 Å². The van der Waals surface area contributed by atoms with Gasteiger partial charge in [-0.15, -0.1) is 0 Å². The number of benzene rings is 1. The molecule has 4 nitrogen and oxygen atoms in total. The average Bonchev–Trinajstić information content (AvgIpc) is 3.19. The van der Waals surface area contributed by atoms with Crippen LogP contribution >= 0.6 is 0 Å². The standard InChI is InChI=1S/C16H26N2O2S/c1-12(2)10-13(3)18-21(19,20)16-7-5-4-6-14(16)11-17-15-8-9-15/h4-7,12-13,15,17-18H,8-11H2,1-3H3. The summed E-state index contributed by atoms with van der Waals surface area (Å²) in [5.41, 5.74) is 0.841. The van der Waals surface area contributed by atoms with Crippen LogP contribution in [-0.4, -0.2) is 20.5 Å². The molecule has 0 radical (unpaired) electrons. The van der Waals surface area contributed by atoms with Crippen molar-refractivity contribution in [2.24, 2.45) is 5.92 Å². The second kappa shape index (κ2) is 6.90. The molecule has 1 atom stereocenters. The van der Waals surface area contributed by atoms with E-state index in [1.165, 1.54) is 12.8 Å². The van der Waals surface area contributed by atoms with Crippen molar-refractivity contribution in [1.82, 2.24) is 10.0 Å². The first-order valence-electron chi connectivity index (χ1n) is 7.72. The van der Waals surface area contributed by atoms with Gasteiger partial charge in [-0.3, -0.25) is 0 Å². The second-order valence-electron chi connectivity index (χ2n) is 6.41. The summed E-state index contributed by atoms with van der Waals surface area (Å²) < 4.78 is 27.9. The first-order chi connectivity index (χ1) is 9.88. The predicted molar refractivity (Wildman–Crippen MR) is 85.5 cm³/mol. The third kappa shape index (κ3) is 5.09. The zero-order valence-electron chi connectivity index (χ0n) is 13.1. The van der Waals surface area contributed by atoms with E-state index in [4.69, 9.17) is 0 Å². The Morgan fingerprint density at radius 2 is 1.86 bits per heavy atom. The Bertz CT molecular complexity index is 565. The van der Waals surface area contributed by atoms with E-state index in [0.717, 1.165) is 12.0 Å². The summed E-state index contributed by atoms with van der Waals surface area (Å²) in [6, 6.07) is 7.75. The van der Waals surface area contributed by atoms with Gasteiger partial charge in [0.1, 0.15) is 0 Å². The third-order valence-electron chi connectivity index (χ3n) is 3.60. The number of rotatable bonds is 8. The number of nitrogens with one attached hydrogen (secondary N) is 2. The van der Waals surface area contributed by atoms with Gasteiger partial charge in [-0.05, 0) is 43.7 Å². The highest BCUT2D eigenvalue weighted by Crippen LogP contribution is 2.21. The molecule has 0 amide bonds. The quantitative estimate of drug-likeness (QED) is 0.776. The minimum atomic E-state index is -3.45. The van der Waals surface area contributed by atoms with Crippen LogP contribution in [0.15, 0.2) is 29.2 Å². The third-order valence-corrected chi connectivity index (χ3v) is 5.29. The van der Waals surface area contributed by atoms with Crippen molar-refractivity contribution in [3.8, 4) is 0 Å². The average molecular weight is 310 g/mol. The van der Waals surface area contributed by atoms with Crippen LogP contribution in [0.2, 0.25) is 0 Å². The van der Waals surface area contributed by atoms with E-state index in [9.17, 15) is 8.42 Å². The molecular weight excluding hydrogens is 284 g/mol. The van der Waals surface area contributed by atoms with Crippen LogP contribution in [0.1, 0.15) is 45.6 Å². The first kappa shape index (κ1) is 16.5. The summed E-state index contributed by atoms with van der Waals surface area (Å²) in [5.74, 6) is 0.467. The molecule has 1 aromatic rings. The van der Waals surface area contributed by atoms with Gasteiger partial charge < -0.3 is 5.32 Å². The van der Waals surface area contributed by atoms with Crippen LogP contribution in [0.4, 0.5) is 0 Å². The Balaban J connectivity index is 2.10. The maximum absolute atomic E-state index is 12.6. The monoisotopic (exact) mass is 310 g/mol.